The van der Waals surface area contributed by atoms with Gasteiger partial charge in [0.25, 0.3) is 0 Å². The molecule has 4 aliphatic rings. The number of rotatable bonds is 5. The second kappa shape index (κ2) is 8.09. The molecule has 7 unspecified atom stereocenters. The molecule has 2 heterocycles. The number of nitrogens with one attached hydrogen (secondary N) is 4. The van der Waals surface area contributed by atoms with E-state index < -0.39 is 0 Å². The fourth-order valence-corrected chi connectivity index (χ4v) is 5.01. The van der Waals surface area contributed by atoms with Crippen LogP contribution in [0.2, 0.25) is 0 Å². The summed E-state index contributed by atoms with van der Waals surface area (Å²) >= 11 is 0. The number of methoxy groups -OCH3 is 1. The highest BCUT2D eigenvalue weighted by Crippen LogP contribution is 2.46. The number of aliphatic hydroxyl groups excluding tert-OH is 1. The topological polar surface area (TPSA) is 118 Å². The van der Waals surface area contributed by atoms with Gasteiger partial charge in [0.2, 0.25) is 5.91 Å². The summed E-state index contributed by atoms with van der Waals surface area (Å²) in [7, 11) is 1.58. The first-order chi connectivity index (χ1) is 13.5. The molecule has 1 saturated heterocycles. The lowest BCUT2D eigenvalue weighted by Gasteiger charge is -2.42. The van der Waals surface area contributed by atoms with E-state index in [0.29, 0.717) is 24.0 Å². The summed E-state index contributed by atoms with van der Waals surface area (Å²) in [5, 5.41) is 32.7. The molecule has 8 nitrogen and oxygen atoms in total. The molecule has 3 fully saturated rings. The third-order valence-corrected chi connectivity index (χ3v) is 6.79. The number of fused-ring (bicyclic) bond motifs is 1. The third kappa shape index (κ3) is 3.95. The van der Waals surface area contributed by atoms with Gasteiger partial charge in [0.05, 0.1) is 18.1 Å². The maximum absolute atomic E-state index is 12.7. The zero-order valence-corrected chi connectivity index (χ0v) is 16.5. The number of hydrogen-bond acceptors (Lipinski definition) is 7. The van der Waals surface area contributed by atoms with Crippen molar-refractivity contribution in [2.45, 2.75) is 63.3 Å². The van der Waals surface area contributed by atoms with Crippen LogP contribution in [0.1, 0.15) is 32.6 Å². The molecule has 0 aromatic carbocycles. The highest BCUT2D eigenvalue weighted by Gasteiger charge is 2.45. The largest absolute Gasteiger partial charge is 0.393 e. The zero-order chi connectivity index (χ0) is 19.8. The third-order valence-electron chi connectivity index (χ3n) is 6.79. The van der Waals surface area contributed by atoms with Crippen molar-refractivity contribution in [1.29, 1.82) is 5.26 Å². The SMILES string of the molecule is COC1NC(N[C@@H](C)C2=CC3CC(O)C(C4CC4)CC3NC2=O)NCC1C#N. The standard InChI is InChI=1S/C20H31N5O3/c1-10(23-20-22-9-13(8-21)19(25-20)28-2)14-5-12-6-17(26)15(11-3-4-11)7-16(12)24-18(14)27/h5,10-13,15-17,19-20,22-23,25-26H,3-4,6-7,9H2,1-2H3,(H,24,27)/t10-,12?,13?,15?,16?,17?,19?,20?/m0/s1. The molecule has 0 aromatic rings. The van der Waals surface area contributed by atoms with Gasteiger partial charge in [0, 0.05) is 37.2 Å². The Morgan fingerprint density at radius 1 is 1.39 bits per heavy atom. The molecular formula is C20H31N5O3. The number of ether oxygens (including phenoxy) is 1. The molecule has 4 rings (SSSR count). The molecule has 0 aromatic heterocycles. The Balaban J connectivity index is 1.39. The Morgan fingerprint density at radius 3 is 2.86 bits per heavy atom. The second-order valence-corrected chi connectivity index (χ2v) is 8.69. The Morgan fingerprint density at radius 2 is 2.18 bits per heavy atom. The highest BCUT2D eigenvalue weighted by molar-refractivity contribution is 5.95. The number of nitriles is 1. The quantitative estimate of drug-likeness (QED) is 0.441. The van der Waals surface area contributed by atoms with Crippen LogP contribution in [-0.4, -0.2) is 55.4 Å². The molecule has 2 aliphatic carbocycles. The average Bonchev–Trinajstić information content (AvgIpc) is 3.52. The zero-order valence-electron chi connectivity index (χ0n) is 16.5. The summed E-state index contributed by atoms with van der Waals surface area (Å²) < 4.78 is 5.35. The maximum Gasteiger partial charge on any atom is 0.248 e. The molecule has 8 atom stereocenters. The predicted molar refractivity (Wildman–Crippen MR) is 102 cm³/mol. The van der Waals surface area contributed by atoms with Gasteiger partial charge in [-0.2, -0.15) is 5.26 Å². The van der Waals surface area contributed by atoms with Crippen molar-refractivity contribution in [2.75, 3.05) is 13.7 Å². The van der Waals surface area contributed by atoms with Crippen LogP contribution in [0, 0.1) is 35.0 Å². The summed E-state index contributed by atoms with van der Waals surface area (Å²) in [6, 6.07) is 2.18. The number of carbonyl (C=O) groups excluding carboxylic acids is 1. The smallest absolute Gasteiger partial charge is 0.248 e. The Bertz CT molecular complexity index is 673. The molecule has 28 heavy (non-hydrogen) atoms. The first kappa shape index (κ1) is 19.8. The highest BCUT2D eigenvalue weighted by atomic mass is 16.5. The van der Waals surface area contributed by atoms with Crippen molar-refractivity contribution in [1.82, 2.24) is 21.3 Å². The molecule has 0 radical (unpaired) electrons. The summed E-state index contributed by atoms with van der Waals surface area (Å²) in [5.41, 5.74) is 0.707. The van der Waals surface area contributed by atoms with Crippen LogP contribution in [-0.2, 0) is 9.53 Å². The number of amides is 1. The number of nitrogens with zero attached hydrogens (tertiary/aromatic N) is 1. The van der Waals surface area contributed by atoms with Crippen LogP contribution >= 0.6 is 0 Å². The van der Waals surface area contributed by atoms with Crippen LogP contribution in [0.4, 0.5) is 0 Å². The van der Waals surface area contributed by atoms with Crippen molar-refractivity contribution in [2.24, 2.45) is 23.7 Å². The first-order valence-electron chi connectivity index (χ1n) is 10.4. The van der Waals surface area contributed by atoms with Gasteiger partial charge in [0.1, 0.15) is 12.5 Å². The van der Waals surface area contributed by atoms with Gasteiger partial charge < -0.3 is 15.2 Å². The van der Waals surface area contributed by atoms with E-state index in [4.69, 9.17) is 4.74 Å². The Labute approximate surface area is 166 Å². The lowest BCUT2D eigenvalue weighted by molar-refractivity contribution is -0.120. The lowest BCUT2D eigenvalue weighted by atomic mass is 9.72. The van der Waals surface area contributed by atoms with E-state index in [0.717, 1.165) is 12.8 Å². The van der Waals surface area contributed by atoms with Crippen LogP contribution in [0.25, 0.3) is 0 Å². The van der Waals surface area contributed by atoms with Gasteiger partial charge in [-0.3, -0.25) is 20.7 Å². The predicted octanol–water partition coefficient (Wildman–Crippen LogP) is -0.225. The molecule has 154 valence electrons. The van der Waals surface area contributed by atoms with Crippen LogP contribution in [0.15, 0.2) is 11.6 Å². The molecule has 8 heteroatoms. The minimum Gasteiger partial charge on any atom is -0.393 e. The molecule has 2 aliphatic heterocycles. The van der Waals surface area contributed by atoms with E-state index in [-0.39, 0.29) is 48.4 Å². The Kier molecular flexibility index (Phi) is 5.72. The van der Waals surface area contributed by atoms with Crippen molar-refractivity contribution >= 4 is 5.91 Å². The van der Waals surface area contributed by atoms with Crippen molar-refractivity contribution < 1.29 is 14.6 Å². The summed E-state index contributed by atoms with van der Waals surface area (Å²) in [4.78, 5) is 12.7. The minimum absolute atomic E-state index is 0.0267. The van der Waals surface area contributed by atoms with E-state index in [1.165, 1.54) is 12.8 Å². The minimum atomic E-state index is -0.359. The van der Waals surface area contributed by atoms with Crippen molar-refractivity contribution in [3.8, 4) is 6.07 Å². The van der Waals surface area contributed by atoms with Crippen LogP contribution in [0.3, 0.4) is 0 Å². The summed E-state index contributed by atoms with van der Waals surface area (Å²) in [6.45, 7) is 2.47. The van der Waals surface area contributed by atoms with Gasteiger partial charge in [-0.05, 0) is 44.4 Å². The maximum atomic E-state index is 12.7. The molecule has 1 amide bonds. The number of carbonyl (C=O) groups is 1. The molecule has 2 saturated carbocycles. The van der Waals surface area contributed by atoms with E-state index in [9.17, 15) is 15.2 Å². The lowest BCUT2D eigenvalue weighted by Crippen LogP contribution is -2.66. The molecular weight excluding hydrogens is 358 g/mol. The van der Waals surface area contributed by atoms with E-state index in [1.807, 2.05) is 6.92 Å². The second-order valence-electron chi connectivity index (χ2n) is 8.69. The number of hydrogen-bond donors (Lipinski definition) is 5. The van der Waals surface area contributed by atoms with Gasteiger partial charge in [0.15, 0.2) is 0 Å². The van der Waals surface area contributed by atoms with Gasteiger partial charge in [-0.25, -0.2) is 0 Å². The molecule has 5 N–H and O–H groups in total. The fraction of sp³-hybridized carbons (Fsp3) is 0.800. The molecule has 0 spiro atoms. The number of aliphatic hydroxyl groups is 1. The van der Waals surface area contributed by atoms with Gasteiger partial charge in [-0.15, -0.1) is 0 Å². The van der Waals surface area contributed by atoms with Gasteiger partial charge in [-0.1, -0.05) is 6.08 Å². The van der Waals surface area contributed by atoms with Crippen molar-refractivity contribution in [3.63, 3.8) is 0 Å². The monoisotopic (exact) mass is 389 g/mol. The summed E-state index contributed by atoms with van der Waals surface area (Å²) in [6.07, 6.45) is 5.20. The Hall–Kier alpha value is -1.50. The summed E-state index contributed by atoms with van der Waals surface area (Å²) in [5.74, 6) is 0.875. The van der Waals surface area contributed by atoms with E-state index >= 15 is 0 Å². The van der Waals surface area contributed by atoms with Crippen molar-refractivity contribution in [3.05, 3.63) is 11.6 Å². The normalized spacial score (nSPS) is 42.0. The van der Waals surface area contributed by atoms with Crippen LogP contribution in [0.5, 0.6) is 0 Å². The average molecular weight is 390 g/mol. The first-order valence-corrected chi connectivity index (χ1v) is 10.4. The van der Waals surface area contributed by atoms with E-state index in [1.54, 1.807) is 7.11 Å². The van der Waals surface area contributed by atoms with Gasteiger partial charge >= 0.3 is 0 Å². The van der Waals surface area contributed by atoms with E-state index in [2.05, 4.69) is 33.4 Å². The fourth-order valence-electron chi connectivity index (χ4n) is 5.01. The van der Waals surface area contributed by atoms with Crippen LogP contribution < -0.4 is 21.3 Å². The molecule has 0 bridgehead atoms.